The minimum Gasteiger partial charge on any atom is -0.370 e. The fraction of sp³-hybridized carbons (Fsp3) is 0.375. The van der Waals surface area contributed by atoms with E-state index in [0.29, 0.717) is 0 Å². The smallest absolute Gasteiger partial charge is 0.134 e. The zero-order chi connectivity index (χ0) is 13.8. The van der Waals surface area contributed by atoms with Crippen LogP contribution in [-0.4, -0.2) is 28.0 Å². The van der Waals surface area contributed by atoms with Gasteiger partial charge in [0.15, 0.2) is 0 Å². The minimum absolute atomic E-state index is 0.891. The molecule has 1 aromatic carbocycles. The largest absolute Gasteiger partial charge is 0.370 e. The lowest BCUT2D eigenvalue weighted by Gasteiger charge is -2.29. The van der Waals surface area contributed by atoms with Gasteiger partial charge in [0.1, 0.15) is 12.1 Å². The van der Waals surface area contributed by atoms with E-state index in [9.17, 15) is 0 Å². The molecule has 0 unspecified atom stereocenters. The van der Waals surface area contributed by atoms with Crippen LogP contribution in [0.3, 0.4) is 0 Å². The molecule has 2 aromatic rings. The molecule has 0 radical (unpaired) electrons. The Bertz CT molecular complexity index is 568. The summed E-state index contributed by atoms with van der Waals surface area (Å²) in [4.78, 5) is 11.3. The Labute approximate surface area is 119 Å². The lowest BCUT2D eigenvalue weighted by Crippen LogP contribution is -2.31. The molecule has 20 heavy (non-hydrogen) atoms. The van der Waals surface area contributed by atoms with Crippen LogP contribution in [0.2, 0.25) is 0 Å². The van der Waals surface area contributed by atoms with Crippen molar-refractivity contribution in [2.45, 2.75) is 26.4 Å². The number of anilines is 1. The molecule has 0 aliphatic carbocycles. The van der Waals surface area contributed by atoms with Crippen molar-refractivity contribution in [3.8, 4) is 0 Å². The van der Waals surface area contributed by atoms with Crippen molar-refractivity contribution >= 4 is 5.82 Å². The highest BCUT2D eigenvalue weighted by atomic mass is 15.1. The molecule has 1 aliphatic heterocycles. The Morgan fingerprint density at radius 3 is 2.85 bits per heavy atom. The van der Waals surface area contributed by atoms with E-state index in [1.165, 1.54) is 16.8 Å². The summed E-state index contributed by atoms with van der Waals surface area (Å²) in [6.07, 6.45) is 2.67. The summed E-state index contributed by atoms with van der Waals surface area (Å²) in [5.41, 5.74) is 3.81. The summed E-state index contributed by atoms with van der Waals surface area (Å²) in [7, 11) is 0. The van der Waals surface area contributed by atoms with E-state index in [1.807, 2.05) is 0 Å². The van der Waals surface area contributed by atoms with Crippen LogP contribution >= 0.6 is 0 Å². The molecule has 1 aromatic heterocycles. The minimum atomic E-state index is 0.891. The summed E-state index contributed by atoms with van der Waals surface area (Å²) in [5, 5.41) is 3.34. The third kappa shape index (κ3) is 2.80. The molecule has 0 amide bonds. The van der Waals surface area contributed by atoms with Crippen LogP contribution < -0.4 is 5.32 Å². The Morgan fingerprint density at radius 2 is 2.05 bits per heavy atom. The predicted octanol–water partition coefficient (Wildman–Crippen LogP) is 2.47. The van der Waals surface area contributed by atoms with Crippen LogP contribution in [0.5, 0.6) is 0 Å². The van der Waals surface area contributed by atoms with Gasteiger partial charge >= 0.3 is 0 Å². The molecule has 0 spiro atoms. The lowest BCUT2D eigenvalue weighted by atomic mass is 10.1. The van der Waals surface area contributed by atoms with Crippen molar-refractivity contribution < 1.29 is 0 Å². The first-order valence-corrected chi connectivity index (χ1v) is 7.19. The van der Waals surface area contributed by atoms with Crippen LogP contribution in [0.1, 0.15) is 23.7 Å². The van der Waals surface area contributed by atoms with E-state index in [-0.39, 0.29) is 0 Å². The zero-order valence-corrected chi connectivity index (χ0v) is 11.8. The molecule has 0 saturated heterocycles. The maximum absolute atomic E-state index is 4.43. The van der Waals surface area contributed by atoms with Gasteiger partial charge in [-0.05, 0) is 12.5 Å². The number of aromatic nitrogens is 2. The van der Waals surface area contributed by atoms with E-state index >= 15 is 0 Å². The Hall–Kier alpha value is -1.94. The average Bonchev–Trinajstić information content (AvgIpc) is 2.49. The van der Waals surface area contributed by atoms with Gasteiger partial charge in [-0.15, -0.1) is 0 Å². The predicted molar refractivity (Wildman–Crippen MR) is 80.5 cm³/mol. The highest BCUT2D eigenvalue weighted by molar-refractivity contribution is 5.46. The number of nitrogens with one attached hydrogen (secondary N) is 1. The molecule has 0 saturated carbocycles. The standard InChI is InChI=1S/C16H20N4/c1-2-17-16-14-11-20(9-8-15(14)18-12-19-16)10-13-6-4-3-5-7-13/h3-7,12H,2,8-11H2,1H3,(H,17,18,19). The van der Waals surface area contributed by atoms with Crippen molar-refractivity contribution in [2.75, 3.05) is 18.4 Å². The number of nitrogens with zero attached hydrogens (tertiary/aromatic N) is 3. The van der Waals surface area contributed by atoms with Crippen molar-refractivity contribution in [1.29, 1.82) is 0 Å². The van der Waals surface area contributed by atoms with Gasteiger partial charge in [0.25, 0.3) is 0 Å². The molecule has 1 N–H and O–H groups in total. The van der Waals surface area contributed by atoms with Crippen molar-refractivity contribution in [3.63, 3.8) is 0 Å². The number of fused-ring (bicyclic) bond motifs is 1. The monoisotopic (exact) mass is 268 g/mol. The van der Waals surface area contributed by atoms with Gasteiger partial charge in [0.2, 0.25) is 0 Å². The molecular formula is C16H20N4. The zero-order valence-electron chi connectivity index (χ0n) is 11.8. The SMILES string of the molecule is CCNc1ncnc2c1CN(Cc1ccccc1)CC2. The van der Waals surface area contributed by atoms with E-state index in [0.717, 1.165) is 38.4 Å². The van der Waals surface area contributed by atoms with Gasteiger partial charge in [0, 0.05) is 38.2 Å². The van der Waals surface area contributed by atoms with Crippen LogP contribution in [0.15, 0.2) is 36.7 Å². The van der Waals surface area contributed by atoms with Crippen LogP contribution in [-0.2, 0) is 19.5 Å². The average molecular weight is 268 g/mol. The van der Waals surface area contributed by atoms with Gasteiger partial charge in [-0.2, -0.15) is 0 Å². The summed E-state index contributed by atoms with van der Waals surface area (Å²) in [6, 6.07) is 10.6. The molecule has 0 bridgehead atoms. The van der Waals surface area contributed by atoms with Crippen LogP contribution in [0.4, 0.5) is 5.82 Å². The summed E-state index contributed by atoms with van der Waals surface area (Å²) < 4.78 is 0. The summed E-state index contributed by atoms with van der Waals surface area (Å²) in [6.45, 7) is 5.96. The number of hydrogen-bond acceptors (Lipinski definition) is 4. The Kier molecular flexibility index (Phi) is 3.92. The van der Waals surface area contributed by atoms with Gasteiger partial charge in [-0.3, -0.25) is 4.90 Å². The molecule has 0 atom stereocenters. The quantitative estimate of drug-likeness (QED) is 0.925. The van der Waals surface area contributed by atoms with Gasteiger partial charge < -0.3 is 5.32 Å². The van der Waals surface area contributed by atoms with Crippen molar-refractivity contribution in [2.24, 2.45) is 0 Å². The van der Waals surface area contributed by atoms with Crippen molar-refractivity contribution in [3.05, 3.63) is 53.5 Å². The van der Waals surface area contributed by atoms with Gasteiger partial charge in [-0.25, -0.2) is 9.97 Å². The molecule has 104 valence electrons. The summed E-state index contributed by atoms with van der Waals surface area (Å²) >= 11 is 0. The van der Waals surface area contributed by atoms with Crippen LogP contribution in [0, 0.1) is 0 Å². The van der Waals surface area contributed by atoms with E-state index in [4.69, 9.17) is 0 Å². The number of benzene rings is 1. The Morgan fingerprint density at radius 1 is 1.20 bits per heavy atom. The summed E-state index contributed by atoms with van der Waals surface area (Å²) in [5.74, 6) is 0.996. The maximum Gasteiger partial charge on any atom is 0.134 e. The van der Waals surface area contributed by atoms with Crippen LogP contribution in [0.25, 0.3) is 0 Å². The fourth-order valence-electron chi connectivity index (χ4n) is 2.69. The first-order valence-electron chi connectivity index (χ1n) is 7.19. The molecule has 1 aliphatic rings. The van der Waals surface area contributed by atoms with Gasteiger partial charge in [-0.1, -0.05) is 30.3 Å². The van der Waals surface area contributed by atoms with E-state index in [2.05, 4.69) is 57.4 Å². The third-order valence-corrected chi connectivity index (χ3v) is 3.67. The van der Waals surface area contributed by atoms with Crippen molar-refractivity contribution in [1.82, 2.24) is 14.9 Å². The first-order chi connectivity index (χ1) is 9.86. The molecule has 0 fully saturated rings. The highest BCUT2D eigenvalue weighted by Gasteiger charge is 2.20. The first kappa shape index (κ1) is 13.1. The number of hydrogen-bond donors (Lipinski definition) is 1. The second-order valence-electron chi connectivity index (χ2n) is 5.12. The second kappa shape index (κ2) is 6.01. The molecule has 4 heteroatoms. The molecular weight excluding hydrogens is 248 g/mol. The Balaban J connectivity index is 1.77. The molecule has 4 nitrogen and oxygen atoms in total. The molecule has 2 heterocycles. The second-order valence-corrected chi connectivity index (χ2v) is 5.12. The lowest BCUT2D eigenvalue weighted by molar-refractivity contribution is 0.243. The molecule has 3 rings (SSSR count). The number of rotatable bonds is 4. The fourth-order valence-corrected chi connectivity index (χ4v) is 2.69. The third-order valence-electron chi connectivity index (χ3n) is 3.67. The van der Waals surface area contributed by atoms with E-state index < -0.39 is 0 Å². The topological polar surface area (TPSA) is 41.1 Å². The van der Waals surface area contributed by atoms with Gasteiger partial charge in [0.05, 0.1) is 5.69 Å². The highest BCUT2D eigenvalue weighted by Crippen LogP contribution is 2.23. The normalized spacial score (nSPS) is 14.8. The van der Waals surface area contributed by atoms with E-state index in [1.54, 1.807) is 6.33 Å². The maximum atomic E-state index is 4.43.